The lowest BCUT2D eigenvalue weighted by Crippen LogP contribution is -2.60. The second-order valence-electron chi connectivity index (χ2n) is 7.82. The van der Waals surface area contributed by atoms with Gasteiger partial charge in [0.2, 0.25) is 0 Å². The first kappa shape index (κ1) is 11.7. The molecule has 2 heteroatoms. The van der Waals surface area contributed by atoms with E-state index in [1.807, 2.05) is 0 Å². The predicted octanol–water partition coefficient (Wildman–Crippen LogP) is 2.77. The van der Waals surface area contributed by atoms with E-state index < -0.39 is 0 Å². The van der Waals surface area contributed by atoms with Crippen molar-refractivity contribution in [1.82, 2.24) is 4.90 Å². The zero-order chi connectivity index (χ0) is 12.2. The molecule has 0 radical (unpaired) electrons. The maximum atomic E-state index is 6.16. The van der Waals surface area contributed by atoms with Gasteiger partial charge in [-0.1, -0.05) is 0 Å². The molecule has 0 amide bonds. The van der Waals surface area contributed by atoms with Gasteiger partial charge in [-0.25, -0.2) is 0 Å². The highest BCUT2D eigenvalue weighted by molar-refractivity contribution is 5.07. The first-order valence-corrected chi connectivity index (χ1v) is 8.24. The molecule has 4 saturated carbocycles. The Morgan fingerprint density at radius 1 is 0.833 bits per heavy atom. The highest BCUT2D eigenvalue weighted by atomic mass is 15.2. The summed E-state index contributed by atoms with van der Waals surface area (Å²) in [6, 6.07) is 0.476. The number of nitrogens with zero attached hydrogens (tertiary/aromatic N) is 1. The topological polar surface area (TPSA) is 29.3 Å². The SMILES string of the molecule is NC1CCCN(C23CC4CC(CC(C4)C2)C3)CC1. The van der Waals surface area contributed by atoms with E-state index >= 15 is 0 Å². The number of likely N-dealkylation sites (tertiary alicyclic amines) is 1. The number of rotatable bonds is 1. The van der Waals surface area contributed by atoms with Crippen LogP contribution in [0.25, 0.3) is 0 Å². The maximum Gasteiger partial charge on any atom is 0.0217 e. The molecule has 2 N–H and O–H groups in total. The molecule has 1 heterocycles. The summed E-state index contributed by atoms with van der Waals surface area (Å²) in [4.78, 5) is 2.89. The molecule has 1 unspecified atom stereocenters. The van der Waals surface area contributed by atoms with Crippen LogP contribution in [-0.2, 0) is 0 Å². The Hall–Kier alpha value is -0.0800. The molecule has 5 aliphatic rings. The van der Waals surface area contributed by atoms with Crippen molar-refractivity contribution in [3.8, 4) is 0 Å². The summed E-state index contributed by atoms with van der Waals surface area (Å²) in [5, 5.41) is 0. The van der Waals surface area contributed by atoms with Crippen LogP contribution in [0.4, 0.5) is 0 Å². The predicted molar refractivity (Wildman–Crippen MR) is 74.3 cm³/mol. The van der Waals surface area contributed by atoms with E-state index in [1.165, 1.54) is 51.6 Å². The summed E-state index contributed by atoms with van der Waals surface area (Å²) in [6.45, 7) is 2.62. The molecular weight excluding hydrogens is 220 g/mol. The largest absolute Gasteiger partial charge is 0.328 e. The maximum absolute atomic E-state index is 6.16. The van der Waals surface area contributed by atoms with Crippen LogP contribution in [0.15, 0.2) is 0 Å². The molecule has 0 aromatic heterocycles. The molecule has 5 fully saturated rings. The monoisotopic (exact) mass is 248 g/mol. The fourth-order valence-electron chi connectivity index (χ4n) is 6.05. The number of nitrogens with two attached hydrogens (primary N) is 1. The molecule has 2 nitrogen and oxygen atoms in total. The lowest BCUT2D eigenvalue weighted by Gasteiger charge is -2.60. The average molecular weight is 248 g/mol. The van der Waals surface area contributed by atoms with Crippen molar-refractivity contribution in [2.75, 3.05) is 13.1 Å². The zero-order valence-corrected chi connectivity index (χ0v) is 11.6. The third-order valence-electron chi connectivity index (χ3n) is 6.45. The van der Waals surface area contributed by atoms with E-state index in [9.17, 15) is 0 Å². The molecule has 0 spiro atoms. The smallest absolute Gasteiger partial charge is 0.0217 e. The minimum Gasteiger partial charge on any atom is -0.328 e. The second kappa shape index (κ2) is 4.21. The molecule has 0 aromatic rings. The molecule has 0 aromatic carbocycles. The highest BCUT2D eigenvalue weighted by Gasteiger charge is 2.53. The van der Waals surface area contributed by atoms with E-state index in [4.69, 9.17) is 5.73 Å². The minimum atomic E-state index is 0.476. The summed E-state index contributed by atoms with van der Waals surface area (Å²) in [5.41, 5.74) is 6.79. The molecule has 1 atom stereocenters. The van der Waals surface area contributed by atoms with Crippen molar-refractivity contribution >= 4 is 0 Å². The van der Waals surface area contributed by atoms with Crippen molar-refractivity contribution in [3.63, 3.8) is 0 Å². The summed E-state index contributed by atoms with van der Waals surface area (Å²) in [5.74, 6) is 3.23. The Morgan fingerprint density at radius 2 is 1.44 bits per heavy atom. The summed E-state index contributed by atoms with van der Waals surface area (Å²) >= 11 is 0. The number of hydrogen-bond donors (Lipinski definition) is 1. The standard InChI is InChI=1S/C16H28N2/c17-15-2-1-4-18(5-3-15)16-9-12-6-13(10-16)8-14(7-12)11-16/h12-15H,1-11,17H2. The molecule has 1 saturated heterocycles. The van der Waals surface area contributed by atoms with E-state index in [2.05, 4.69) is 4.90 Å². The van der Waals surface area contributed by atoms with Gasteiger partial charge < -0.3 is 5.73 Å². The van der Waals surface area contributed by atoms with Gasteiger partial charge in [-0.05, 0) is 82.1 Å². The van der Waals surface area contributed by atoms with Crippen LogP contribution in [0.5, 0.6) is 0 Å². The fourth-order valence-corrected chi connectivity index (χ4v) is 6.05. The van der Waals surface area contributed by atoms with Gasteiger partial charge in [0.05, 0.1) is 0 Å². The van der Waals surface area contributed by atoms with Gasteiger partial charge in [0.25, 0.3) is 0 Å². The zero-order valence-electron chi connectivity index (χ0n) is 11.6. The van der Waals surface area contributed by atoms with Crippen molar-refractivity contribution in [1.29, 1.82) is 0 Å². The van der Waals surface area contributed by atoms with Crippen LogP contribution in [0.2, 0.25) is 0 Å². The third-order valence-corrected chi connectivity index (χ3v) is 6.45. The van der Waals surface area contributed by atoms with Crippen molar-refractivity contribution in [3.05, 3.63) is 0 Å². The normalized spacial score (nSPS) is 52.5. The van der Waals surface area contributed by atoms with Crippen LogP contribution in [0, 0.1) is 17.8 Å². The van der Waals surface area contributed by atoms with E-state index in [1.54, 1.807) is 19.3 Å². The van der Waals surface area contributed by atoms with Gasteiger partial charge >= 0.3 is 0 Å². The van der Waals surface area contributed by atoms with Gasteiger partial charge in [0.15, 0.2) is 0 Å². The molecule has 18 heavy (non-hydrogen) atoms. The van der Waals surface area contributed by atoms with Crippen molar-refractivity contribution in [2.24, 2.45) is 23.5 Å². The number of hydrogen-bond acceptors (Lipinski definition) is 2. The van der Waals surface area contributed by atoms with Crippen molar-refractivity contribution < 1.29 is 0 Å². The Morgan fingerprint density at radius 3 is 2.06 bits per heavy atom. The van der Waals surface area contributed by atoms with Gasteiger partial charge in [-0.3, -0.25) is 4.90 Å². The van der Waals surface area contributed by atoms with E-state index in [0.717, 1.165) is 17.8 Å². The fraction of sp³-hybridized carbons (Fsp3) is 1.00. The molecule has 5 rings (SSSR count). The summed E-state index contributed by atoms with van der Waals surface area (Å²) in [6.07, 6.45) is 13.1. The van der Waals surface area contributed by atoms with Crippen LogP contribution < -0.4 is 5.73 Å². The lowest BCUT2D eigenvalue weighted by atomic mass is 9.52. The lowest BCUT2D eigenvalue weighted by molar-refractivity contribution is -0.0876. The Labute approximate surface area is 111 Å². The molecule has 1 aliphatic heterocycles. The van der Waals surface area contributed by atoms with Crippen LogP contribution in [0.3, 0.4) is 0 Å². The first-order valence-electron chi connectivity index (χ1n) is 8.24. The quantitative estimate of drug-likeness (QED) is 0.773. The summed E-state index contributed by atoms with van der Waals surface area (Å²) < 4.78 is 0. The average Bonchev–Trinajstić information content (AvgIpc) is 2.52. The Kier molecular flexibility index (Phi) is 2.74. The third kappa shape index (κ3) is 1.84. The minimum absolute atomic E-state index is 0.476. The Bertz CT molecular complexity index is 290. The van der Waals surface area contributed by atoms with Crippen molar-refractivity contribution in [2.45, 2.75) is 69.4 Å². The first-order chi connectivity index (χ1) is 8.73. The summed E-state index contributed by atoms with van der Waals surface area (Å²) in [7, 11) is 0. The van der Waals surface area contributed by atoms with Crippen LogP contribution in [0.1, 0.15) is 57.8 Å². The van der Waals surface area contributed by atoms with Gasteiger partial charge in [0, 0.05) is 18.1 Å². The molecular formula is C16H28N2. The van der Waals surface area contributed by atoms with Gasteiger partial charge in [-0.2, -0.15) is 0 Å². The van der Waals surface area contributed by atoms with E-state index in [-0.39, 0.29) is 0 Å². The van der Waals surface area contributed by atoms with Gasteiger partial charge in [-0.15, -0.1) is 0 Å². The van der Waals surface area contributed by atoms with E-state index in [0.29, 0.717) is 11.6 Å². The van der Waals surface area contributed by atoms with Gasteiger partial charge in [0.1, 0.15) is 0 Å². The van der Waals surface area contributed by atoms with Crippen LogP contribution >= 0.6 is 0 Å². The highest BCUT2D eigenvalue weighted by Crippen LogP contribution is 2.57. The second-order valence-corrected chi connectivity index (χ2v) is 7.82. The Balaban J connectivity index is 1.55. The molecule has 4 aliphatic carbocycles. The van der Waals surface area contributed by atoms with Crippen LogP contribution in [-0.4, -0.2) is 29.6 Å². The molecule has 4 bridgehead atoms. The molecule has 102 valence electrons.